The van der Waals surface area contributed by atoms with Gasteiger partial charge in [0.05, 0.1) is 0 Å². The van der Waals surface area contributed by atoms with Crippen molar-refractivity contribution in [3.63, 3.8) is 0 Å². The van der Waals surface area contributed by atoms with E-state index in [-0.39, 0.29) is 18.2 Å². The third-order valence-corrected chi connectivity index (χ3v) is 4.28. The Bertz CT molecular complexity index is 761. The average Bonchev–Trinajstić information content (AvgIpc) is 2.56. The molecular weight excluding hydrogens is 359 g/mol. The molecule has 2 rings (SSSR count). The molecule has 1 N–H and O–H groups in total. The topological polar surface area (TPSA) is 49.4 Å². The number of hydrogen-bond acceptors (Lipinski definition) is 2. The Labute approximate surface area is 157 Å². The van der Waals surface area contributed by atoms with Crippen LogP contribution in [0.1, 0.15) is 24.5 Å². The zero-order valence-electron chi connectivity index (χ0n) is 14.2. The number of benzene rings is 2. The van der Waals surface area contributed by atoms with Crippen molar-refractivity contribution >= 4 is 40.7 Å². The second-order valence-corrected chi connectivity index (χ2v) is 6.63. The van der Waals surface area contributed by atoms with E-state index < -0.39 is 0 Å². The molecular formula is C19H20Cl2N2O2. The fourth-order valence-corrected chi connectivity index (χ4v) is 2.83. The van der Waals surface area contributed by atoms with Crippen LogP contribution in [-0.2, 0) is 16.1 Å². The molecule has 0 bridgehead atoms. The monoisotopic (exact) mass is 378 g/mol. The number of carbonyl (C=O) groups excluding carboxylic acids is 2. The van der Waals surface area contributed by atoms with Crippen LogP contribution < -0.4 is 10.2 Å². The van der Waals surface area contributed by atoms with Gasteiger partial charge >= 0.3 is 0 Å². The minimum absolute atomic E-state index is 0.115. The summed E-state index contributed by atoms with van der Waals surface area (Å²) in [5.41, 5.74) is 2.63. The van der Waals surface area contributed by atoms with Gasteiger partial charge in [-0.1, -0.05) is 35.3 Å². The van der Waals surface area contributed by atoms with Gasteiger partial charge in [0, 0.05) is 42.2 Å². The van der Waals surface area contributed by atoms with Crippen molar-refractivity contribution in [3.8, 4) is 0 Å². The fourth-order valence-electron chi connectivity index (χ4n) is 2.47. The third-order valence-electron chi connectivity index (χ3n) is 3.80. The van der Waals surface area contributed by atoms with Crippen LogP contribution in [0, 0.1) is 6.92 Å². The van der Waals surface area contributed by atoms with Crippen LogP contribution in [0.4, 0.5) is 5.69 Å². The van der Waals surface area contributed by atoms with E-state index in [9.17, 15) is 9.59 Å². The summed E-state index contributed by atoms with van der Waals surface area (Å²) in [7, 11) is 0. The molecule has 0 radical (unpaired) electrons. The van der Waals surface area contributed by atoms with E-state index in [1.54, 1.807) is 35.2 Å². The molecule has 4 nitrogen and oxygen atoms in total. The second kappa shape index (κ2) is 8.88. The Morgan fingerprint density at radius 1 is 1.04 bits per heavy atom. The Morgan fingerprint density at radius 3 is 2.28 bits per heavy atom. The molecule has 132 valence electrons. The number of carbonyl (C=O) groups is 2. The summed E-state index contributed by atoms with van der Waals surface area (Å²) < 4.78 is 0. The molecule has 2 aromatic rings. The summed E-state index contributed by atoms with van der Waals surface area (Å²) in [6, 6.07) is 12.6. The van der Waals surface area contributed by atoms with Crippen molar-refractivity contribution in [2.75, 3.05) is 11.4 Å². The molecule has 0 aromatic heterocycles. The van der Waals surface area contributed by atoms with Crippen molar-refractivity contribution in [2.24, 2.45) is 0 Å². The van der Waals surface area contributed by atoms with Crippen LogP contribution in [0.5, 0.6) is 0 Å². The van der Waals surface area contributed by atoms with Crippen LogP contribution in [0.25, 0.3) is 0 Å². The van der Waals surface area contributed by atoms with E-state index in [1.807, 2.05) is 19.1 Å². The molecule has 6 heteroatoms. The van der Waals surface area contributed by atoms with Gasteiger partial charge in [-0.3, -0.25) is 9.59 Å². The lowest BCUT2D eigenvalue weighted by Gasteiger charge is -2.23. The molecule has 0 spiro atoms. The molecule has 0 saturated heterocycles. The van der Waals surface area contributed by atoms with Crippen LogP contribution in [0.2, 0.25) is 10.0 Å². The second-order valence-electron chi connectivity index (χ2n) is 5.75. The number of nitrogens with one attached hydrogen (secondary N) is 1. The van der Waals surface area contributed by atoms with E-state index in [0.29, 0.717) is 23.1 Å². The fraction of sp³-hybridized carbons (Fsp3) is 0.263. The SMILES string of the molecule is CC(=O)N(CCC(=O)NCc1ccc(Cl)cc1)c1ccc(Cl)cc1C. The quantitative estimate of drug-likeness (QED) is 0.811. The Balaban J connectivity index is 1.93. The highest BCUT2D eigenvalue weighted by Crippen LogP contribution is 2.24. The van der Waals surface area contributed by atoms with E-state index in [2.05, 4.69) is 5.32 Å². The smallest absolute Gasteiger partial charge is 0.223 e. The molecule has 0 unspecified atom stereocenters. The zero-order chi connectivity index (χ0) is 18.4. The Morgan fingerprint density at radius 2 is 1.68 bits per heavy atom. The maximum absolute atomic E-state index is 12.1. The minimum Gasteiger partial charge on any atom is -0.352 e. The first kappa shape index (κ1) is 19.3. The molecule has 0 heterocycles. The highest BCUT2D eigenvalue weighted by atomic mass is 35.5. The summed E-state index contributed by atoms with van der Waals surface area (Å²) in [5.74, 6) is -0.233. The van der Waals surface area contributed by atoms with Gasteiger partial charge in [0.15, 0.2) is 0 Å². The van der Waals surface area contributed by atoms with Crippen molar-refractivity contribution in [1.82, 2.24) is 5.32 Å². The third kappa shape index (κ3) is 5.76. The molecule has 2 amide bonds. The molecule has 0 atom stereocenters. The first-order valence-electron chi connectivity index (χ1n) is 7.92. The highest BCUT2D eigenvalue weighted by Gasteiger charge is 2.15. The maximum Gasteiger partial charge on any atom is 0.223 e. The van der Waals surface area contributed by atoms with Gasteiger partial charge < -0.3 is 10.2 Å². The van der Waals surface area contributed by atoms with Crippen molar-refractivity contribution in [1.29, 1.82) is 0 Å². The van der Waals surface area contributed by atoms with Crippen molar-refractivity contribution < 1.29 is 9.59 Å². The van der Waals surface area contributed by atoms with Gasteiger partial charge in [-0.2, -0.15) is 0 Å². The largest absolute Gasteiger partial charge is 0.352 e. The van der Waals surface area contributed by atoms with Gasteiger partial charge in [0.1, 0.15) is 0 Å². The summed E-state index contributed by atoms with van der Waals surface area (Å²) in [4.78, 5) is 25.6. The van der Waals surface area contributed by atoms with Crippen LogP contribution in [0.15, 0.2) is 42.5 Å². The predicted molar refractivity (Wildman–Crippen MR) is 102 cm³/mol. The first-order valence-corrected chi connectivity index (χ1v) is 8.68. The Hall–Kier alpha value is -2.04. The number of rotatable bonds is 6. The molecule has 0 saturated carbocycles. The maximum atomic E-state index is 12.1. The summed E-state index contributed by atoms with van der Waals surface area (Å²) >= 11 is 11.8. The molecule has 0 aliphatic carbocycles. The average molecular weight is 379 g/mol. The lowest BCUT2D eigenvalue weighted by molar-refractivity contribution is -0.121. The van der Waals surface area contributed by atoms with Gasteiger partial charge in [-0.05, 0) is 48.4 Å². The van der Waals surface area contributed by atoms with Crippen molar-refractivity contribution in [3.05, 3.63) is 63.6 Å². The summed E-state index contributed by atoms with van der Waals surface area (Å²) in [5, 5.41) is 4.12. The van der Waals surface area contributed by atoms with E-state index in [1.165, 1.54) is 6.92 Å². The Kier molecular flexibility index (Phi) is 6.85. The number of aryl methyl sites for hydroxylation is 1. The summed E-state index contributed by atoms with van der Waals surface area (Å²) in [6.45, 7) is 4.11. The lowest BCUT2D eigenvalue weighted by atomic mass is 10.1. The summed E-state index contributed by atoms with van der Waals surface area (Å²) in [6.07, 6.45) is 0.217. The molecule has 0 fully saturated rings. The van der Waals surface area contributed by atoms with Crippen LogP contribution >= 0.6 is 23.2 Å². The normalized spacial score (nSPS) is 10.4. The van der Waals surface area contributed by atoms with Gasteiger partial charge in [0.2, 0.25) is 11.8 Å². The molecule has 25 heavy (non-hydrogen) atoms. The minimum atomic E-state index is -0.118. The van der Waals surface area contributed by atoms with Crippen LogP contribution in [0.3, 0.4) is 0 Å². The zero-order valence-corrected chi connectivity index (χ0v) is 15.7. The predicted octanol–water partition coefficient (Wildman–Crippen LogP) is 4.36. The number of nitrogens with zero attached hydrogens (tertiary/aromatic N) is 1. The van der Waals surface area contributed by atoms with E-state index in [0.717, 1.165) is 16.8 Å². The van der Waals surface area contributed by atoms with Crippen LogP contribution in [-0.4, -0.2) is 18.4 Å². The number of anilines is 1. The van der Waals surface area contributed by atoms with Gasteiger partial charge in [-0.25, -0.2) is 0 Å². The molecule has 2 aromatic carbocycles. The highest BCUT2D eigenvalue weighted by molar-refractivity contribution is 6.31. The lowest BCUT2D eigenvalue weighted by Crippen LogP contribution is -2.34. The van der Waals surface area contributed by atoms with Gasteiger partial charge in [-0.15, -0.1) is 0 Å². The van der Waals surface area contributed by atoms with E-state index >= 15 is 0 Å². The molecule has 0 aliphatic heterocycles. The molecule has 0 aliphatic rings. The van der Waals surface area contributed by atoms with E-state index in [4.69, 9.17) is 23.2 Å². The first-order chi connectivity index (χ1) is 11.9. The number of halogens is 2. The van der Waals surface area contributed by atoms with Crippen molar-refractivity contribution in [2.45, 2.75) is 26.8 Å². The standard InChI is InChI=1S/C19H20Cl2N2O2/c1-13-11-17(21)7-8-18(13)23(14(2)24)10-9-19(25)22-12-15-3-5-16(20)6-4-15/h3-8,11H,9-10,12H2,1-2H3,(H,22,25). The van der Waals surface area contributed by atoms with Gasteiger partial charge in [0.25, 0.3) is 0 Å². The number of hydrogen-bond donors (Lipinski definition) is 1. The number of amides is 2.